The van der Waals surface area contributed by atoms with Crippen molar-refractivity contribution < 1.29 is 0 Å². The molecule has 0 aliphatic heterocycles. The summed E-state index contributed by atoms with van der Waals surface area (Å²) in [6, 6.07) is 72.8. The summed E-state index contributed by atoms with van der Waals surface area (Å²) in [7, 11) is 0. The summed E-state index contributed by atoms with van der Waals surface area (Å²) in [5.74, 6) is 0. The maximum Gasteiger partial charge on any atom is 0.0731 e. The van der Waals surface area contributed by atoms with E-state index in [1.165, 1.54) is 110 Å². The minimum Gasteiger partial charge on any atom is -0.0619 e. The van der Waals surface area contributed by atoms with Gasteiger partial charge in [0.25, 0.3) is 0 Å². The molecular weight excluding hydrogens is 637 g/mol. The summed E-state index contributed by atoms with van der Waals surface area (Å²) in [6.45, 7) is 0. The van der Waals surface area contributed by atoms with E-state index >= 15 is 0 Å². The third-order valence-electron chi connectivity index (χ3n) is 12.2. The van der Waals surface area contributed by atoms with Crippen LogP contribution in [0.5, 0.6) is 0 Å². The van der Waals surface area contributed by atoms with E-state index in [1.807, 2.05) is 0 Å². The van der Waals surface area contributed by atoms with E-state index in [9.17, 15) is 0 Å². The van der Waals surface area contributed by atoms with E-state index in [0.717, 1.165) is 0 Å². The average Bonchev–Trinajstić information content (AvgIpc) is 3.71. The lowest BCUT2D eigenvalue weighted by Gasteiger charge is -2.32. The van der Waals surface area contributed by atoms with E-state index in [0.29, 0.717) is 0 Å². The molecule has 0 unspecified atom stereocenters. The highest BCUT2D eigenvalue weighted by Gasteiger charge is 2.53. The standard InChI is InChI=1S/C53H32/c1-4-16-38-33(13-1)29-30-45-51-44-22-8-7-19-41(44)47(32-50(51)53(52(38)45)48-23-11-9-20-42(48)43-21-10-12-24-49(43)53)35-27-25-34(26-28-35)46-31-36-14-2-3-15-37(36)39-17-5-6-18-40(39)46/h1-32H. The lowest BCUT2D eigenvalue weighted by Crippen LogP contribution is -2.26. The number of hydrogen-bond donors (Lipinski definition) is 0. The zero-order chi connectivity index (χ0) is 34.7. The van der Waals surface area contributed by atoms with Crippen LogP contribution in [0.25, 0.3) is 87.6 Å². The zero-order valence-electron chi connectivity index (χ0n) is 29.0. The Kier molecular flexibility index (Phi) is 5.80. The smallest absolute Gasteiger partial charge is 0.0619 e. The molecule has 0 nitrogen and oxygen atoms in total. The third kappa shape index (κ3) is 3.75. The minimum atomic E-state index is -0.443. The molecule has 0 atom stereocenters. The molecule has 10 aromatic carbocycles. The molecule has 0 heteroatoms. The van der Waals surface area contributed by atoms with Crippen LogP contribution in [0.1, 0.15) is 22.3 Å². The van der Waals surface area contributed by atoms with E-state index < -0.39 is 5.41 Å². The quantitative estimate of drug-likeness (QED) is 0.161. The van der Waals surface area contributed by atoms with Crippen LogP contribution in [0, 0.1) is 0 Å². The van der Waals surface area contributed by atoms with E-state index in [-0.39, 0.29) is 0 Å². The molecule has 0 radical (unpaired) electrons. The third-order valence-corrected chi connectivity index (χ3v) is 12.2. The highest BCUT2D eigenvalue weighted by Crippen LogP contribution is 2.65. The predicted molar refractivity (Wildman–Crippen MR) is 224 cm³/mol. The number of benzene rings is 10. The second-order valence-corrected chi connectivity index (χ2v) is 14.7. The predicted octanol–water partition coefficient (Wildman–Crippen LogP) is 14.0. The molecule has 0 aromatic heterocycles. The van der Waals surface area contributed by atoms with Crippen LogP contribution >= 0.6 is 0 Å². The summed E-state index contributed by atoms with van der Waals surface area (Å²) in [5.41, 5.74) is 15.4. The van der Waals surface area contributed by atoms with Crippen LogP contribution in [0.3, 0.4) is 0 Å². The molecule has 10 aromatic rings. The van der Waals surface area contributed by atoms with Crippen LogP contribution in [-0.4, -0.2) is 0 Å². The maximum absolute atomic E-state index is 2.55. The molecule has 0 heterocycles. The summed E-state index contributed by atoms with van der Waals surface area (Å²) in [6.07, 6.45) is 0. The van der Waals surface area contributed by atoms with Gasteiger partial charge in [-0.2, -0.15) is 0 Å². The normalized spacial score (nSPS) is 13.4. The lowest BCUT2D eigenvalue weighted by molar-refractivity contribution is 0.802. The van der Waals surface area contributed by atoms with Gasteiger partial charge < -0.3 is 0 Å². The molecule has 53 heavy (non-hydrogen) atoms. The van der Waals surface area contributed by atoms with E-state index in [1.54, 1.807) is 0 Å². The number of rotatable bonds is 2. The van der Waals surface area contributed by atoms with Gasteiger partial charge in [0.05, 0.1) is 5.41 Å². The van der Waals surface area contributed by atoms with Crippen LogP contribution in [0.4, 0.5) is 0 Å². The van der Waals surface area contributed by atoms with Crippen LogP contribution < -0.4 is 0 Å². The van der Waals surface area contributed by atoms with Crippen molar-refractivity contribution in [1.82, 2.24) is 0 Å². The van der Waals surface area contributed by atoms with Gasteiger partial charge in [-0.25, -0.2) is 0 Å². The molecule has 0 saturated heterocycles. The Morgan fingerprint density at radius 3 is 1.43 bits per heavy atom. The van der Waals surface area contributed by atoms with Gasteiger partial charge in [0.15, 0.2) is 0 Å². The van der Waals surface area contributed by atoms with E-state index in [2.05, 4.69) is 194 Å². The molecule has 0 N–H and O–H groups in total. The largest absolute Gasteiger partial charge is 0.0731 e. The van der Waals surface area contributed by atoms with Crippen molar-refractivity contribution in [2.75, 3.05) is 0 Å². The molecule has 12 rings (SSSR count). The Bertz CT molecular complexity index is 3120. The monoisotopic (exact) mass is 668 g/mol. The molecule has 1 spiro atoms. The molecule has 0 fully saturated rings. The van der Waals surface area contributed by atoms with Crippen molar-refractivity contribution in [1.29, 1.82) is 0 Å². The Hall–Kier alpha value is -6.76. The van der Waals surface area contributed by atoms with Gasteiger partial charge in [0, 0.05) is 0 Å². The zero-order valence-corrected chi connectivity index (χ0v) is 29.0. The summed E-state index contributed by atoms with van der Waals surface area (Å²) in [5, 5.41) is 10.3. The lowest BCUT2D eigenvalue weighted by atomic mass is 9.69. The number of fused-ring (bicyclic) bond motifs is 17. The van der Waals surface area contributed by atoms with Crippen molar-refractivity contribution >= 4 is 43.1 Å². The first-order valence-corrected chi connectivity index (χ1v) is 18.6. The van der Waals surface area contributed by atoms with Gasteiger partial charge in [0.1, 0.15) is 0 Å². The first-order chi connectivity index (χ1) is 26.3. The van der Waals surface area contributed by atoms with Gasteiger partial charge in [-0.1, -0.05) is 182 Å². The van der Waals surface area contributed by atoms with Crippen molar-refractivity contribution in [2.45, 2.75) is 5.41 Å². The topological polar surface area (TPSA) is 0 Å². The minimum absolute atomic E-state index is 0.443. The van der Waals surface area contributed by atoms with E-state index in [4.69, 9.17) is 0 Å². The summed E-state index contributed by atoms with van der Waals surface area (Å²) in [4.78, 5) is 0. The van der Waals surface area contributed by atoms with Gasteiger partial charge in [-0.15, -0.1) is 0 Å². The Labute approximate surface area is 308 Å². The van der Waals surface area contributed by atoms with Crippen molar-refractivity contribution in [3.8, 4) is 44.5 Å². The first kappa shape index (κ1) is 28.9. The Morgan fingerprint density at radius 2 is 0.755 bits per heavy atom. The molecule has 0 amide bonds. The molecular formula is C53H32. The SMILES string of the molecule is c1ccc2c(c1)-c1ccccc1C21c2cc(-c3ccc(-c4cc5ccccc5c5ccccc45)cc3)c3ccccc3c2-c2ccc3ccccc3c21. The van der Waals surface area contributed by atoms with Crippen LogP contribution in [-0.2, 0) is 5.41 Å². The van der Waals surface area contributed by atoms with Crippen molar-refractivity contribution in [2.24, 2.45) is 0 Å². The molecule has 0 saturated carbocycles. The second-order valence-electron chi connectivity index (χ2n) is 14.7. The van der Waals surface area contributed by atoms with Gasteiger partial charge >= 0.3 is 0 Å². The van der Waals surface area contributed by atoms with Crippen molar-refractivity contribution in [3.05, 3.63) is 216 Å². The molecule has 0 bridgehead atoms. The summed E-state index contributed by atoms with van der Waals surface area (Å²) >= 11 is 0. The fourth-order valence-electron chi connectivity index (χ4n) is 10.1. The highest BCUT2D eigenvalue weighted by atomic mass is 14.5. The molecule has 244 valence electrons. The average molecular weight is 669 g/mol. The fraction of sp³-hybridized carbons (Fsp3) is 0.0189. The van der Waals surface area contributed by atoms with Crippen molar-refractivity contribution in [3.63, 3.8) is 0 Å². The maximum atomic E-state index is 2.55. The highest BCUT2D eigenvalue weighted by molar-refractivity contribution is 6.15. The summed E-state index contributed by atoms with van der Waals surface area (Å²) < 4.78 is 0. The number of hydrogen-bond acceptors (Lipinski definition) is 0. The van der Waals surface area contributed by atoms with Crippen LogP contribution in [0.15, 0.2) is 194 Å². The van der Waals surface area contributed by atoms with Gasteiger partial charge in [-0.3, -0.25) is 0 Å². The molecule has 2 aliphatic rings. The van der Waals surface area contributed by atoms with Crippen LogP contribution in [0.2, 0.25) is 0 Å². The fourth-order valence-corrected chi connectivity index (χ4v) is 10.1. The second kappa shape index (κ2) is 10.6. The Morgan fingerprint density at radius 1 is 0.264 bits per heavy atom. The van der Waals surface area contributed by atoms with Gasteiger partial charge in [-0.05, 0) is 122 Å². The van der Waals surface area contributed by atoms with Gasteiger partial charge in [0.2, 0.25) is 0 Å². The molecule has 2 aliphatic carbocycles. The first-order valence-electron chi connectivity index (χ1n) is 18.6. The Balaban J connectivity index is 1.15.